The average molecular weight is 177 g/mol. The van der Waals surface area contributed by atoms with Gasteiger partial charge in [0, 0.05) is 11.1 Å². The Hall–Kier alpha value is -1.84. The summed E-state index contributed by atoms with van der Waals surface area (Å²) in [5.74, 6) is -0.840. The third-order valence-corrected chi connectivity index (χ3v) is 1.97. The molecule has 1 aliphatic heterocycles. The zero-order valence-corrected chi connectivity index (χ0v) is 6.74. The molecule has 13 heavy (non-hydrogen) atoms. The van der Waals surface area contributed by atoms with Gasteiger partial charge in [0.25, 0.3) is 0 Å². The fraction of sp³-hybridized carbons (Fsp3) is 0.111. The Morgan fingerprint density at radius 1 is 1.46 bits per heavy atom. The summed E-state index contributed by atoms with van der Waals surface area (Å²) in [6.07, 6.45) is 0. The second-order valence-electron chi connectivity index (χ2n) is 2.81. The van der Waals surface area contributed by atoms with E-state index >= 15 is 0 Å². The van der Waals surface area contributed by atoms with Crippen molar-refractivity contribution in [2.75, 3.05) is 0 Å². The predicted octanol–water partition coefficient (Wildman–Crippen LogP) is 0.456. The Morgan fingerprint density at radius 2 is 2.23 bits per heavy atom. The summed E-state index contributed by atoms with van der Waals surface area (Å²) in [4.78, 5) is 21.8. The number of ether oxygens (including phenoxy) is 1. The molecule has 0 bridgehead atoms. The summed E-state index contributed by atoms with van der Waals surface area (Å²) < 4.78 is 4.77. The number of esters is 1. The van der Waals surface area contributed by atoms with Gasteiger partial charge < -0.3 is 10.5 Å². The molecule has 0 atom stereocenters. The van der Waals surface area contributed by atoms with E-state index in [1.54, 1.807) is 12.1 Å². The Kier molecular flexibility index (Phi) is 1.55. The van der Waals surface area contributed by atoms with E-state index in [0.717, 1.165) is 5.56 Å². The van der Waals surface area contributed by atoms with Crippen LogP contribution >= 0.6 is 0 Å². The van der Waals surface area contributed by atoms with Crippen LogP contribution in [0.15, 0.2) is 18.2 Å². The van der Waals surface area contributed by atoms with Crippen molar-refractivity contribution < 1.29 is 14.3 Å². The van der Waals surface area contributed by atoms with Crippen molar-refractivity contribution in [3.63, 3.8) is 0 Å². The molecule has 1 aliphatic rings. The van der Waals surface area contributed by atoms with Gasteiger partial charge in [0.05, 0.1) is 5.56 Å². The van der Waals surface area contributed by atoms with E-state index in [4.69, 9.17) is 10.5 Å². The number of benzene rings is 1. The van der Waals surface area contributed by atoms with E-state index in [9.17, 15) is 9.59 Å². The van der Waals surface area contributed by atoms with Gasteiger partial charge in [-0.2, -0.15) is 0 Å². The van der Waals surface area contributed by atoms with Crippen LogP contribution in [-0.4, -0.2) is 11.9 Å². The lowest BCUT2D eigenvalue weighted by atomic mass is 10.1. The van der Waals surface area contributed by atoms with Crippen LogP contribution < -0.4 is 5.73 Å². The minimum Gasteiger partial charge on any atom is -0.457 e. The molecular formula is C9H7NO3. The number of fused-ring (bicyclic) bond motifs is 1. The number of hydrogen-bond acceptors (Lipinski definition) is 3. The number of carbonyl (C=O) groups excluding carboxylic acids is 2. The lowest BCUT2D eigenvalue weighted by Gasteiger charge is -1.96. The summed E-state index contributed by atoms with van der Waals surface area (Å²) in [6, 6.07) is 4.67. The van der Waals surface area contributed by atoms with E-state index in [0.29, 0.717) is 11.1 Å². The molecule has 4 heteroatoms. The third kappa shape index (κ3) is 1.16. The first-order chi connectivity index (χ1) is 6.18. The standard InChI is InChI=1S/C9H7NO3/c10-8(11)5-1-2-7-6(3-5)4-13-9(7)12/h1-3H,4H2,(H2,10,11). The number of carbonyl (C=O) groups is 2. The molecule has 2 rings (SSSR count). The van der Waals surface area contributed by atoms with Crippen molar-refractivity contribution >= 4 is 11.9 Å². The van der Waals surface area contributed by atoms with Crippen LogP contribution in [0.2, 0.25) is 0 Å². The molecule has 0 aliphatic carbocycles. The van der Waals surface area contributed by atoms with Gasteiger partial charge in [0.2, 0.25) is 5.91 Å². The summed E-state index contributed by atoms with van der Waals surface area (Å²) in [6.45, 7) is 0.231. The van der Waals surface area contributed by atoms with Crippen molar-refractivity contribution in [2.24, 2.45) is 5.73 Å². The molecule has 0 radical (unpaired) electrons. The lowest BCUT2D eigenvalue weighted by Crippen LogP contribution is -2.11. The second-order valence-corrected chi connectivity index (χ2v) is 2.81. The molecule has 0 saturated carbocycles. The van der Waals surface area contributed by atoms with Gasteiger partial charge in [-0.05, 0) is 18.2 Å². The minimum atomic E-state index is -0.498. The quantitative estimate of drug-likeness (QED) is 0.633. The number of cyclic esters (lactones) is 1. The molecule has 1 amide bonds. The zero-order chi connectivity index (χ0) is 9.42. The highest BCUT2D eigenvalue weighted by Crippen LogP contribution is 2.20. The van der Waals surface area contributed by atoms with E-state index in [-0.39, 0.29) is 12.6 Å². The summed E-state index contributed by atoms with van der Waals surface area (Å²) in [5, 5.41) is 0. The van der Waals surface area contributed by atoms with E-state index in [2.05, 4.69) is 0 Å². The Balaban J connectivity index is 2.51. The van der Waals surface area contributed by atoms with E-state index in [1.807, 2.05) is 0 Å². The van der Waals surface area contributed by atoms with Gasteiger partial charge in [-0.1, -0.05) is 0 Å². The molecule has 0 unspecified atom stereocenters. The smallest absolute Gasteiger partial charge is 0.338 e. The number of amides is 1. The molecule has 0 saturated heterocycles. The van der Waals surface area contributed by atoms with Crippen LogP contribution in [0.25, 0.3) is 0 Å². The maximum atomic E-state index is 11.0. The minimum absolute atomic E-state index is 0.231. The first-order valence-corrected chi connectivity index (χ1v) is 3.78. The maximum absolute atomic E-state index is 11.0. The highest BCUT2D eigenvalue weighted by Gasteiger charge is 2.21. The maximum Gasteiger partial charge on any atom is 0.338 e. The topological polar surface area (TPSA) is 69.4 Å². The Labute approximate surface area is 74.3 Å². The molecule has 0 aromatic heterocycles. The molecule has 66 valence electrons. The molecule has 4 nitrogen and oxygen atoms in total. The lowest BCUT2D eigenvalue weighted by molar-refractivity contribution is 0.0535. The predicted molar refractivity (Wildman–Crippen MR) is 44.1 cm³/mol. The molecule has 0 spiro atoms. The highest BCUT2D eigenvalue weighted by atomic mass is 16.5. The molecule has 1 aromatic carbocycles. The molecule has 0 fully saturated rings. The molecular weight excluding hydrogens is 170 g/mol. The first kappa shape index (κ1) is 7.79. The van der Waals surface area contributed by atoms with Gasteiger partial charge in [-0.25, -0.2) is 4.79 Å². The summed E-state index contributed by atoms with van der Waals surface area (Å²) in [7, 11) is 0. The van der Waals surface area contributed by atoms with Crippen LogP contribution in [0, 0.1) is 0 Å². The van der Waals surface area contributed by atoms with E-state index in [1.165, 1.54) is 6.07 Å². The number of hydrogen-bond donors (Lipinski definition) is 1. The van der Waals surface area contributed by atoms with Gasteiger partial charge >= 0.3 is 5.97 Å². The van der Waals surface area contributed by atoms with Crippen LogP contribution in [-0.2, 0) is 11.3 Å². The zero-order valence-electron chi connectivity index (χ0n) is 6.74. The van der Waals surface area contributed by atoms with Crippen LogP contribution in [0.5, 0.6) is 0 Å². The number of nitrogens with two attached hydrogens (primary N) is 1. The van der Waals surface area contributed by atoms with Gasteiger partial charge in [0.15, 0.2) is 0 Å². The van der Waals surface area contributed by atoms with Crippen molar-refractivity contribution in [3.05, 3.63) is 34.9 Å². The number of primary amides is 1. The second kappa shape index (κ2) is 2.58. The summed E-state index contributed by atoms with van der Waals surface area (Å²) >= 11 is 0. The van der Waals surface area contributed by atoms with Crippen molar-refractivity contribution in [3.8, 4) is 0 Å². The first-order valence-electron chi connectivity index (χ1n) is 3.78. The molecule has 1 heterocycles. The van der Waals surface area contributed by atoms with Crippen LogP contribution in [0.4, 0.5) is 0 Å². The third-order valence-electron chi connectivity index (χ3n) is 1.97. The normalized spacial score (nSPS) is 13.7. The molecule has 2 N–H and O–H groups in total. The van der Waals surface area contributed by atoms with Crippen LogP contribution in [0.3, 0.4) is 0 Å². The van der Waals surface area contributed by atoms with Gasteiger partial charge in [-0.15, -0.1) is 0 Å². The van der Waals surface area contributed by atoms with Gasteiger partial charge in [0.1, 0.15) is 6.61 Å². The summed E-state index contributed by atoms with van der Waals surface area (Å²) in [5.41, 5.74) is 6.72. The highest BCUT2D eigenvalue weighted by molar-refractivity contribution is 5.97. The van der Waals surface area contributed by atoms with Crippen LogP contribution in [0.1, 0.15) is 26.3 Å². The SMILES string of the molecule is NC(=O)c1ccc2c(c1)COC2=O. The fourth-order valence-corrected chi connectivity index (χ4v) is 1.29. The Morgan fingerprint density at radius 3 is 2.92 bits per heavy atom. The monoisotopic (exact) mass is 177 g/mol. The Bertz CT molecular complexity index is 398. The average Bonchev–Trinajstić information content (AvgIpc) is 2.47. The fourth-order valence-electron chi connectivity index (χ4n) is 1.29. The largest absolute Gasteiger partial charge is 0.457 e. The molecule has 1 aromatic rings. The van der Waals surface area contributed by atoms with Crippen molar-refractivity contribution in [1.82, 2.24) is 0 Å². The van der Waals surface area contributed by atoms with Crippen molar-refractivity contribution in [1.29, 1.82) is 0 Å². The van der Waals surface area contributed by atoms with Crippen molar-refractivity contribution in [2.45, 2.75) is 6.61 Å². The van der Waals surface area contributed by atoms with Gasteiger partial charge in [-0.3, -0.25) is 4.79 Å². The number of rotatable bonds is 1. The van der Waals surface area contributed by atoms with E-state index < -0.39 is 5.91 Å².